The van der Waals surface area contributed by atoms with E-state index < -0.39 is 0 Å². The lowest BCUT2D eigenvalue weighted by Gasteiger charge is -2.46. The molecule has 6 nitrogen and oxygen atoms in total. The maximum Gasteiger partial charge on any atom is 0.254 e. The zero-order valence-corrected chi connectivity index (χ0v) is 12.8. The van der Waals surface area contributed by atoms with Crippen LogP contribution in [0, 0.1) is 0 Å². The summed E-state index contributed by atoms with van der Waals surface area (Å²) in [7, 11) is 0. The Morgan fingerprint density at radius 3 is 3.05 bits per heavy atom. The summed E-state index contributed by atoms with van der Waals surface area (Å²) in [5.74, 6) is 0.139. The standard InChI is InChI=1S/C15H16N4O2S/c20-14-8-18(4-3-16-14)11-6-19(7-11)15(21)10-1-2-12-13(5-10)22-9-17-12/h1-2,5,9,11H,3-4,6-8H2,(H,16,20). The van der Waals surface area contributed by atoms with Crippen LogP contribution in [0.15, 0.2) is 23.7 Å². The van der Waals surface area contributed by atoms with Crippen LogP contribution in [0.1, 0.15) is 10.4 Å². The summed E-state index contributed by atoms with van der Waals surface area (Å²) < 4.78 is 1.04. The number of amides is 2. The molecule has 1 aromatic heterocycles. The molecule has 114 valence electrons. The summed E-state index contributed by atoms with van der Waals surface area (Å²) >= 11 is 1.55. The summed E-state index contributed by atoms with van der Waals surface area (Å²) in [4.78, 5) is 32.1. The van der Waals surface area contributed by atoms with E-state index in [2.05, 4.69) is 15.2 Å². The van der Waals surface area contributed by atoms with Gasteiger partial charge in [-0.15, -0.1) is 11.3 Å². The number of nitrogens with zero attached hydrogens (tertiary/aromatic N) is 3. The van der Waals surface area contributed by atoms with E-state index in [1.54, 1.807) is 16.8 Å². The molecule has 2 fully saturated rings. The second kappa shape index (κ2) is 5.33. The van der Waals surface area contributed by atoms with Crippen LogP contribution in [0.4, 0.5) is 0 Å². The summed E-state index contributed by atoms with van der Waals surface area (Å²) in [6.07, 6.45) is 0. The first-order chi connectivity index (χ1) is 10.7. The average molecular weight is 316 g/mol. The Kier molecular flexibility index (Phi) is 3.31. The second-order valence-corrected chi connectivity index (χ2v) is 6.61. The van der Waals surface area contributed by atoms with Crippen molar-refractivity contribution >= 4 is 33.4 Å². The monoisotopic (exact) mass is 316 g/mol. The maximum atomic E-state index is 12.5. The van der Waals surface area contributed by atoms with E-state index in [4.69, 9.17) is 0 Å². The van der Waals surface area contributed by atoms with Crippen LogP contribution >= 0.6 is 11.3 Å². The highest BCUT2D eigenvalue weighted by Gasteiger charge is 2.36. The van der Waals surface area contributed by atoms with Crippen LogP contribution in [0.5, 0.6) is 0 Å². The Morgan fingerprint density at radius 2 is 2.23 bits per heavy atom. The fourth-order valence-corrected chi connectivity index (χ4v) is 3.71. The highest BCUT2D eigenvalue weighted by Crippen LogP contribution is 2.23. The van der Waals surface area contributed by atoms with Crippen molar-refractivity contribution in [2.24, 2.45) is 0 Å². The molecule has 0 spiro atoms. The highest BCUT2D eigenvalue weighted by atomic mass is 32.1. The topological polar surface area (TPSA) is 65.5 Å². The number of fused-ring (bicyclic) bond motifs is 1. The van der Waals surface area contributed by atoms with E-state index >= 15 is 0 Å². The lowest BCUT2D eigenvalue weighted by atomic mass is 10.0. The molecule has 22 heavy (non-hydrogen) atoms. The molecule has 7 heteroatoms. The SMILES string of the molecule is O=C1CN(C2CN(C(=O)c3ccc4ncsc4c3)C2)CCN1. The summed E-state index contributed by atoms with van der Waals surface area (Å²) in [5.41, 5.74) is 3.44. The summed E-state index contributed by atoms with van der Waals surface area (Å²) in [6, 6.07) is 5.95. The lowest BCUT2D eigenvalue weighted by molar-refractivity contribution is -0.126. The molecule has 0 radical (unpaired) electrons. The normalized spacial score (nSPS) is 20.0. The minimum absolute atomic E-state index is 0.0630. The van der Waals surface area contributed by atoms with Gasteiger partial charge in [0.1, 0.15) is 0 Å². The predicted octanol–water partition coefficient (Wildman–Crippen LogP) is 0.552. The zero-order chi connectivity index (χ0) is 15.1. The zero-order valence-electron chi connectivity index (χ0n) is 12.0. The number of thiazole rings is 1. The number of carbonyl (C=O) groups excluding carboxylic acids is 2. The van der Waals surface area contributed by atoms with Crippen molar-refractivity contribution < 1.29 is 9.59 Å². The number of carbonyl (C=O) groups is 2. The van der Waals surface area contributed by atoms with Gasteiger partial charge >= 0.3 is 0 Å². The van der Waals surface area contributed by atoms with Crippen LogP contribution in [0.25, 0.3) is 10.2 Å². The Hall–Kier alpha value is -1.99. The molecule has 1 aromatic carbocycles. The summed E-state index contributed by atoms with van der Waals surface area (Å²) in [6.45, 7) is 3.41. The van der Waals surface area contributed by atoms with Gasteiger partial charge in [-0.05, 0) is 18.2 Å². The van der Waals surface area contributed by atoms with Gasteiger partial charge in [0.05, 0.1) is 22.3 Å². The molecular weight excluding hydrogens is 300 g/mol. The maximum absolute atomic E-state index is 12.5. The molecule has 4 rings (SSSR count). The van der Waals surface area contributed by atoms with Crippen molar-refractivity contribution in [3.05, 3.63) is 29.3 Å². The lowest BCUT2D eigenvalue weighted by Crippen LogP contribution is -2.64. The molecule has 3 heterocycles. The van der Waals surface area contributed by atoms with Crippen molar-refractivity contribution in [1.29, 1.82) is 0 Å². The van der Waals surface area contributed by atoms with Crippen LogP contribution in [-0.2, 0) is 4.79 Å². The Bertz CT molecular complexity index is 738. The third kappa shape index (κ3) is 2.36. The Balaban J connectivity index is 1.41. The molecule has 0 saturated carbocycles. The number of hydrogen-bond donors (Lipinski definition) is 1. The fourth-order valence-electron chi connectivity index (χ4n) is 2.99. The number of rotatable bonds is 2. The highest BCUT2D eigenvalue weighted by molar-refractivity contribution is 7.16. The minimum Gasteiger partial charge on any atom is -0.354 e. The fraction of sp³-hybridized carbons (Fsp3) is 0.400. The number of nitrogens with one attached hydrogen (secondary N) is 1. The molecule has 2 aliphatic rings. The minimum atomic E-state index is 0.0630. The Labute approximate surface area is 131 Å². The number of benzene rings is 1. The van der Waals surface area contributed by atoms with Gasteiger partial charge in [-0.25, -0.2) is 4.98 Å². The first kappa shape index (κ1) is 13.7. The molecule has 2 saturated heterocycles. The molecule has 0 bridgehead atoms. The molecule has 2 aromatic rings. The number of aromatic nitrogens is 1. The van der Waals surface area contributed by atoms with E-state index in [0.717, 1.165) is 16.8 Å². The van der Waals surface area contributed by atoms with Crippen molar-refractivity contribution in [2.75, 3.05) is 32.7 Å². The van der Waals surface area contributed by atoms with Gasteiger partial charge in [-0.1, -0.05) is 0 Å². The van der Waals surface area contributed by atoms with E-state index in [9.17, 15) is 9.59 Å². The van der Waals surface area contributed by atoms with Crippen LogP contribution in [0.2, 0.25) is 0 Å². The first-order valence-corrected chi connectivity index (χ1v) is 8.22. The van der Waals surface area contributed by atoms with Gasteiger partial charge in [0, 0.05) is 37.8 Å². The molecule has 0 aliphatic carbocycles. The van der Waals surface area contributed by atoms with Gasteiger partial charge in [0.2, 0.25) is 5.91 Å². The molecule has 2 aliphatic heterocycles. The van der Waals surface area contributed by atoms with E-state index in [0.29, 0.717) is 37.8 Å². The first-order valence-electron chi connectivity index (χ1n) is 7.34. The van der Waals surface area contributed by atoms with Gasteiger partial charge in [0.15, 0.2) is 0 Å². The van der Waals surface area contributed by atoms with Gasteiger partial charge < -0.3 is 10.2 Å². The van der Waals surface area contributed by atoms with Crippen molar-refractivity contribution in [2.45, 2.75) is 6.04 Å². The smallest absolute Gasteiger partial charge is 0.254 e. The predicted molar refractivity (Wildman–Crippen MR) is 83.9 cm³/mol. The number of likely N-dealkylation sites (tertiary alicyclic amines) is 1. The Morgan fingerprint density at radius 1 is 1.36 bits per heavy atom. The number of hydrogen-bond acceptors (Lipinski definition) is 5. The van der Waals surface area contributed by atoms with E-state index in [-0.39, 0.29) is 11.8 Å². The van der Waals surface area contributed by atoms with E-state index in [1.165, 1.54) is 0 Å². The van der Waals surface area contributed by atoms with Crippen LogP contribution in [0.3, 0.4) is 0 Å². The molecule has 2 amide bonds. The quantitative estimate of drug-likeness (QED) is 0.879. The van der Waals surface area contributed by atoms with Gasteiger partial charge in [0.25, 0.3) is 5.91 Å². The molecule has 0 unspecified atom stereocenters. The third-order valence-electron chi connectivity index (χ3n) is 4.31. The number of piperazine rings is 1. The van der Waals surface area contributed by atoms with Crippen molar-refractivity contribution in [3.8, 4) is 0 Å². The van der Waals surface area contributed by atoms with Crippen molar-refractivity contribution in [1.82, 2.24) is 20.1 Å². The van der Waals surface area contributed by atoms with Crippen molar-refractivity contribution in [3.63, 3.8) is 0 Å². The average Bonchev–Trinajstić information content (AvgIpc) is 2.93. The van der Waals surface area contributed by atoms with Crippen LogP contribution in [-0.4, -0.2) is 65.4 Å². The molecule has 1 N–H and O–H groups in total. The van der Waals surface area contributed by atoms with E-state index in [1.807, 2.05) is 23.1 Å². The second-order valence-electron chi connectivity index (χ2n) is 5.72. The van der Waals surface area contributed by atoms with Gasteiger partial charge in [-0.2, -0.15) is 0 Å². The van der Waals surface area contributed by atoms with Crippen LogP contribution < -0.4 is 5.32 Å². The van der Waals surface area contributed by atoms with Gasteiger partial charge in [-0.3, -0.25) is 14.5 Å². The molecular formula is C15H16N4O2S. The largest absolute Gasteiger partial charge is 0.354 e. The third-order valence-corrected chi connectivity index (χ3v) is 5.10. The molecule has 0 atom stereocenters. The summed E-state index contributed by atoms with van der Waals surface area (Å²) in [5, 5.41) is 2.82.